The number of fused-ring (bicyclic) bond motifs is 3. The van der Waals surface area contributed by atoms with Crippen LogP contribution in [0.3, 0.4) is 0 Å². The van der Waals surface area contributed by atoms with Gasteiger partial charge >= 0.3 is 6.61 Å². The summed E-state index contributed by atoms with van der Waals surface area (Å²) in [6.45, 7) is -3.00. The number of halogens is 3. The summed E-state index contributed by atoms with van der Waals surface area (Å²) in [5.41, 5.74) is 1.99. The highest BCUT2D eigenvalue weighted by molar-refractivity contribution is 9.11. The molecule has 1 aliphatic rings. The third kappa shape index (κ3) is 4.37. The number of alkyl halides is 2. The van der Waals surface area contributed by atoms with Crippen LogP contribution in [0.4, 0.5) is 14.5 Å². The summed E-state index contributed by atoms with van der Waals surface area (Å²) >= 11 is 6.03. The van der Waals surface area contributed by atoms with Crippen molar-refractivity contribution in [3.8, 4) is 22.6 Å². The highest BCUT2D eigenvalue weighted by atomic mass is 79.9. The van der Waals surface area contributed by atoms with Crippen molar-refractivity contribution in [3.05, 3.63) is 80.3 Å². The van der Waals surface area contributed by atoms with Crippen molar-refractivity contribution in [2.45, 2.75) is 16.9 Å². The average Bonchev–Trinajstić information content (AvgIpc) is 3.45. The molecule has 2 aromatic heterocycles. The molecule has 0 radical (unpaired) electrons. The predicted molar refractivity (Wildman–Crippen MR) is 128 cm³/mol. The molecule has 2 aromatic carbocycles. The quantitative estimate of drug-likeness (QED) is 0.268. The molecule has 0 saturated carbocycles. The highest BCUT2D eigenvalue weighted by Gasteiger charge is 2.32. The van der Waals surface area contributed by atoms with E-state index >= 15 is 0 Å². The molecule has 1 aliphatic heterocycles. The van der Waals surface area contributed by atoms with E-state index in [1.165, 1.54) is 23.5 Å². The van der Waals surface area contributed by atoms with Crippen LogP contribution in [0.1, 0.15) is 16.5 Å². The van der Waals surface area contributed by atoms with E-state index in [-0.39, 0.29) is 9.96 Å². The molecule has 5 nitrogen and oxygen atoms in total. The van der Waals surface area contributed by atoms with Crippen molar-refractivity contribution in [3.63, 3.8) is 0 Å². The smallest absolute Gasteiger partial charge is 0.387 e. The summed E-state index contributed by atoms with van der Waals surface area (Å²) in [6, 6.07) is 16.7. The van der Waals surface area contributed by atoms with Crippen molar-refractivity contribution in [1.29, 1.82) is 0 Å². The second-order valence-corrected chi connectivity index (χ2v) is 12.3. The zero-order valence-electron chi connectivity index (χ0n) is 16.5. The lowest BCUT2D eigenvalue weighted by atomic mass is 9.91. The molecule has 11 heteroatoms. The number of anilines is 1. The largest absolute Gasteiger partial charge is 0.479 e. The van der Waals surface area contributed by atoms with Gasteiger partial charge in [-0.2, -0.15) is 8.78 Å². The van der Waals surface area contributed by atoms with E-state index in [0.29, 0.717) is 28.1 Å². The summed E-state index contributed by atoms with van der Waals surface area (Å²) in [5, 5.41) is 1.68. The number of thiophene rings is 2. The second kappa shape index (κ2) is 8.71. The Morgan fingerprint density at radius 1 is 1.09 bits per heavy atom. The van der Waals surface area contributed by atoms with Crippen molar-refractivity contribution in [2.24, 2.45) is 0 Å². The van der Waals surface area contributed by atoms with E-state index in [1.54, 1.807) is 41.8 Å². The van der Waals surface area contributed by atoms with Gasteiger partial charge < -0.3 is 9.47 Å². The maximum atomic E-state index is 13.1. The first kappa shape index (κ1) is 22.3. The minimum absolute atomic E-state index is 0.0125. The van der Waals surface area contributed by atoms with E-state index < -0.39 is 22.7 Å². The standard InChI is InChI=1S/C22H14BrF2NO4S3/c23-18-9-8-17(32-18)21-14-11-12(26-33(27,28)19-5-2-10-31-19)6-7-13(14)20-15(29-21)3-1-4-16(20)30-22(24)25/h1-11,21-22,26H. The number of sulfonamides is 1. The fourth-order valence-electron chi connectivity index (χ4n) is 3.63. The Kier molecular flexibility index (Phi) is 5.89. The van der Waals surface area contributed by atoms with Crippen LogP contribution in [-0.2, 0) is 10.0 Å². The Morgan fingerprint density at radius 3 is 2.64 bits per heavy atom. The molecule has 0 fully saturated rings. The van der Waals surface area contributed by atoms with Crippen LogP contribution in [0.15, 0.2) is 74.0 Å². The number of nitrogens with one attached hydrogen (secondary N) is 1. The average molecular weight is 570 g/mol. The van der Waals surface area contributed by atoms with Crippen LogP contribution in [0.5, 0.6) is 11.5 Å². The van der Waals surface area contributed by atoms with Crippen LogP contribution in [0.2, 0.25) is 0 Å². The molecular weight excluding hydrogens is 556 g/mol. The van der Waals surface area contributed by atoms with Gasteiger partial charge in [-0.25, -0.2) is 8.42 Å². The summed E-state index contributed by atoms with van der Waals surface area (Å²) in [4.78, 5) is 0.868. The first-order valence-electron chi connectivity index (χ1n) is 9.52. The van der Waals surface area contributed by atoms with E-state index in [4.69, 9.17) is 9.47 Å². The zero-order chi connectivity index (χ0) is 23.2. The molecule has 0 spiro atoms. The van der Waals surface area contributed by atoms with Gasteiger partial charge in [0.2, 0.25) is 0 Å². The molecule has 5 rings (SSSR count). The van der Waals surface area contributed by atoms with Crippen molar-refractivity contribution in [1.82, 2.24) is 0 Å². The summed E-state index contributed by atoms with van der Waals surface area (Å²) in [5.74, 6) is 0.392. The van der Waals surface area contributed by atoms with Gasteiger partial charge in [-0.05, 0) is 69.3 Å². The van der Waals surface area contributed by atoms with Gasteiger partial charge in [0.1, 0.15) is 15.7 Å². The van der Waals surface area contributed by atoms with Crippen LogP contribution in [-0.4, -0.2) is 15.0 Å². The summed E-state index contributed by atoms with van der Waals surface area (Å²) in [6.07, 6.45) is -0.559. The number of hydrogen-bond donors (Lipinski definition) is 1. The molecule has 170 valence electrons. The minimum atomic E-state index is -3.76. The van der Waals surface area contributed by atoms with Gasteiger partial charge in [-0.15, -0.1) is 22.7 Å². The minimum Gasteiger partial charge on any atom is -0.479 e. The maximum absolute atomic E-state index is 13.1. The lowest BCUT2D eigenvalue weighted by Crippen LogP contribution is -2.17. The highest BCUT2D eigenvalue weighted by Crippen LogP contribution is 2.51. The summed E-state index contributed by atoms with van der Waals surface area (Å²) < 4.78 is 66.2. The van der Waals surface area contributed by atoms with Crippen molar-refractivity contribution in [2.75, 3.05) is 4.72 Å². The molecule has 0 saturated heterocycles. The topological polar surface area (TPSA) is 64.6 Å². The lowest BCUT2D eigenvalue weighted by Gasteiger charge is -2.30. The van der Waals surface area contributed by atoms with E-state index in [2.05, 4.69) is 20.7 Å². The van der Waals surface area contributed by atoms with Crippen molar-refractivity contribution >= 4 is 54.3 Å². The molecule has 3 heterocycles. The molecule has 1 unspecified atom stereocenters. The first-order chi connectivity index (χ1) is 15.8. The number of rotatable bonds is 6. The molecule has 1 N–H and O–H groups in total. The Hall–Kier alpha value is -2.47. The predicted octanol–water partition coefficient (Wildman–Crippen LogP) is 7.12. The number of hydrogen-bond acceptors (Lipinski definition) is 6. The third-order valence-corrected chi connectivity index (χ3v) is 9.36. The number of benzene rings is 2. The van der Waals surface area contributed by atoms with Gasteiger partial charge in [-0.3, -0.25) is 4.72 Å². The molecule has 1 atom stereocenters. The number of ether oxygens (including phenoxy) is 2. The molecule has 0 amide bonds. The van der Waals surface area contributed by atoms with E-state index in [9.17, 15) is 17.2 Å². The lowest BCUT2D eigenvalue weighted by molar-refractivity contribution is -0.0496. The van der Waals surface area contributed by atoms with E-state index in [1.807, 2.05) is 12.1 Å². The van der Waals surface area contributed by atoms with Crippen LogP contribution in [0.25, 0.3) is 11.1 Å². The van der Waals surface area contributed by atoms with Gasteiger partial charge in [0, 0.05) is 11.3 Å². The summed E-state index contributed by atoms with van der Waals surface area (Å²) in [7, 11) is -3.76. The fraction of sp³-hybridized carbons (Fsp3) is 0.0909. The molecular formula is C22H14BrF2NO4S3. The Morgan fingerprint density at radius 2 is 1.94 bits per heavy atom. The fourth-order valence-corrected chi connectivity index (χ4v) is 7.15. The molecule has 0 aliphatic carbocycles. The normalized spacial score (nSPS) is 15.0. The first-order valence-corrected chi connectivity index (χ1v) is 13.5. The van der Waals surface area contributed by atoms with Gasteiger partial charge in [-0.1, -0.05) is 18.2 Å². The molecule has 0 bridgehead atoms. The third-order valence-electron chi connectivity index (χ3n) is 4.92. The molecule has 4 aromatic rings. The second-order valence-electron chi connectivity index (χ2n) is 6.99. The van der Waals surface area contributed by atoms with E-state index in [0.717, 1.165) is 20.0 Å². The Bertz CT molecular complexity index is 1420. The van der Waals surface area contributed by atoms with Crippen molar-refractivity contribution < 1.29 is 26.7 Å². The zero-order valence-corrected chi connectivity index (χ0v) is 20.5. The Labute approximate surface area is 204 Å². The molecule has 33 heavy (non-hydrogen) atoms. The van der Waals surface area contributed by atoms with Gasteiger partial charge in [0.25, 0.3) is 10.0 Å². The van der Waals surface area contributed by atoms with Crippen LogP contribution in [0, 0.1) is 0 Å². The SMILES string of the molecule is O=S(=O)(Nc1ccc2c(c1)C(c1ccc(Br)s1)Oc1cccc(OC(F)F)c1-2)c1cccs1. The van der Waals surface area contributed by atoms with Gasteiger partial charge in [0.05, 0.1) is 14.2 Å². The van der Waals surface area contributed by atoms with Gasteiger partial charge in [0.15, 0.2) is 6.10 Å². The van der Waals surface area contributed by atoms with Crippen LogP contribution < -0.4 is 14.2 Å². The Balaban J connectivity index is 1.64. The maximum Gasteiger partial charge on any atom is 0.387 e. The van der Waals surface area contributed by atoms with Crippen LogP contribution >= 0.6 is 38.6 Å². The monoisotopic (exact) mass is 569 g/mol.